The molecule has 0 bridgehead atoms. The first-order valence-corrected chi connectivity index (χ1v) is 11.3. The molecule has 1 aromatic rings. The third kappa shape index (κ3) is 4.19. The van der Waals surface area contributed by atoms with Gasteiger partial charge in [0.15, 0.2) is 6.04 Å². The van der Waals surface area contributed by atoms with Crippen LogP contribution in [0.15, 0.2) is 6.07 Å². The summed E-state index contributed by atoms with van der Waals surface area (Å²) in [5, 5.41) is 7.69. The minimum Gasteiger partial charge on any atom is -0.367 e. The molecule has 0 spiro atoms. The number of anilines is 1. The Balaban J connectivity index is 1.52. The number of alkyl halides is 3. The highest BCUT2D eigenvalue weighted by atomic mass is 19.4. The number of halogens is 3. The molecule has 1 saturated carbocycles. The van der Waals surface area contributed by atoms with E-state index in [2.05, 4.69) is 10.4 Å². The number of nitrogens with one attached hydrogen (secondary N) is 1. The zero-order valence-electron chi connectivity index (χ0n) is 18.1. The average Bonchev–Trinajstić information content (AvgIpc) is 3.32. The number of hydrogen-bond acceptors (Lipinski definition) is 3. The van der Waals surface area contributed by atoms with Crippen LogP contribution in [0, 0.1) is 11.3 Å². The fourth-order valence-corrected chi connectivity index (χ4v) is 5.17. The van der Waals surface area contributed by atoms with E-state index in [9.17, 15) is 18.0 Å². The molecule has 168 valence electrons. The van der Waals surface area contributed by atoms with Gasteiger partial charge in [0, 0.05) is 37.0 Å². The van der Waals surface area contributed by atoms with Gasteiger partial charge in [-0.2, -0.15) is 18.3 Å². The third-order valence-electron chi connectivity index (χ3n) is 7.13. The molecule has 0 radical (unpaired) electrons. The fraction of sp³-hybridized carbons (Fsp3) is 0.818. The van der Waals surface area contributed by atoms with Crippen molar-refractivity contribution in [3.05, 3.63) is 11.8 Å². The third-order valence-corrected chi connectivity index (χ3v) is 7.13. The molecule has 5 nitrogen and oxygen atoms in total. The van der Waals surface area contributed by atoms with Gasteiger partial charge in [0.05, 0.1) is 5.69 Å². The summed E-state index contributed by atoms with van der Waals surface area (Å²) in [6.45, 7) is 7.10. The smallest absolute Gasteiger partial charge is 0.367 e. The van der Waals surface area contributed by atoms with Crippen molar-refractivity contribution in [2.45, 2.75) is 89.9 Å². The largest absolute Gasteiger partial charge is 0.410 e. The van der Waals surface area contributed by atoms with Crippen molar-refractivity contribution in [2.24, 2.45) is 11.3 Å². The highest BCUT2D eigenvalue weighted by Gasteiger charge is 2.48. The van der Waals surface area contributed by atoms with E-state index >= 15 is 0 Å². The zero-order valence-corrected chi connectivity index (χ0v) is 18.1. The number of amides is 1. The Labute approximate surface area is 176 Å². The maximum Gasteiger partial charge on any atom is 0.410 e. The molecule has 1 saturated heterocycles. The van der Waals surface area contributed by atoms with E-state index in [0.717, 1.165) is 36.8 Å². The predicted molar refractivity (Wildman–Crippen MR) is 109 cm³/mol. The van der Waals surface area contributed by atoms with Gasteiger partial charge in [0.25, 0.3) is 0 Å². The van der Waals surface area contributed by atoms with Gasteiger partial charge >= 0.3 is 6.18 Å². The molecule has 8 heteroatoms. The van der Waals surface area contributed by atoms with Crippen LogP contribution in [0.25, 0.3) is 0 Å². The molecule has 1 aromatic heterocycles. The van der Waals surface area contributed by atoms with E-state index in [1.807, 2.05) is 25.7 Å². The summed E-state index contributed by atoms with van der Waals surface area (Å²) in [6, 6.07) is -0.127. The Bertz CT molecular complexity index is 776. The molecular weight excluding hydrogens is 393 g/mol. The van der Waals surface area contributed by atoms with E-state index in [0.29, 0.717) is 24.6 Å². The van der Waals surface area contributed by atoms with Gasteiger partial charge in [0.2, 0.25) is 5.91 Å². The molecule has 1 N–H and O–H groups in total. The summed E-state index contributed by atoms with van der Waals surface area (Å²) in [4.78, 5) is 14.8. The Hall–Kier alpha value is -1.73. The van der Waals surface area contributed by atoms with E-state index in [-0.39, 0.29) is 35.6 Å². The number of likely N-dealkylation sites (tertiary alicyclic amines) is 1. The Morgan fingerprint density at radius 3 is 2.47 bits per heavy atom. The Morgan fingerprint density at radius 1 is 1.13 bits per heavy atom. The van der Waals surface area contributed by atoms with Gasteiger partial charge in [-0.15, -0.1) is 0 Å². The van der Waals surface area contributed by atoms with E-state index in [1.54, 1.807) is 6.07 Å². The predicted octanol–water partition coefficient (Wildman–Crippen LogP) is 5.11. The highest BCUT2D eigenvalue weighted by Crippen LogP contribution is 2.44. The molecule has 4 rings (SSSR count). The average molecular weight is 427 g/mol. The zero-order chi connectivity index (χ0) is 21.7. The number of aromatic nitrogens is 2. The number of rotatable bonds is 2. The SMILES string of the molecule is CC(C)(C)C1CC(C(F)(F)F)n2nc(C3CCN(C(=O)C4CCCCC4)C3)cc2N1. The standard InChI is InChI=1S/C22H33F3N4O/c1-21(2,3)17-12-18(22(23,24)25)29-19(26-17)11-16(27-29)15-9-10-28(13-15)20(30)14-7-5-4-6-8-14/h11,14-15,17-18,26H,4-10,12-13H2,1-3H3. The molecule has 30 heavy (non-hydrogen) atoms. The second kappa shape index (κ2) is 7.75. The van der Waals surface area contributed by atoms with Crippen LogP contribution in [-0.4, -0.2) is 45.9 Å². The topological polar surface area (TPSA) is 50.2 Å². The molecule has 1 aliphatic carbocycles. The van der Waals surface area contributed by atoms with Crippen molar-refractivity contribution in [1.29, 1.82) is 0 Å². The molecular formula is C22H33F3N4O. The summed E-state index contributed by atoms with van der Waals surface area (Å²) in [5.41, 5.74) is 0.371. The summed E-state index contributed by atoms with van der Waals surface area (Å²) >= 11 is 0. The highest BCUT2D eigenvalue weighted by molar-refractivity contribution is 5.79. The van der Waals surface area contributed by atoms with Crippen molar-refractivity contribution in [3.8, 4) is 0 Å². The molecule has 3 atom stereocenters. The van der Waals surface area contributed by atoms with Gasteiger partial charge in [-0.1, -0.05) is 40.0 Å². The van der Waals surface area contributed by atoms with Crippen LogP contribution in [0.3, 0.4) is 0 Å². The normalized spacial score (nSPS) is 28.3. The van der Waals surface area contributed by atoms with Crippen LogP contribution < -0.4 is 5.32 Å². The molecule has 3 aliphatic rings. The van der Waals surface area contributed by atoms with Crippen LogP contribution in [0.1, 0.15) is 83.4 Å². The Kier molecular flexibility index (Phi) is 5.56. The van der Waals surface area contributed by atoms with Crippen molar-refractivity contribution < 1.29 is 18.0 Å². The van der Waals surface area contributed by atoms with Crippen molar-refractivity contribution in [2.75, 3.05) is 18.4 Å². The number of fused-ring (bicyclic) bond motifs is 1. The van der Waals surface area contributed by atoms with E-state index in [1.165, 1.54) is 6.42 Å². The molecule has 0 aromatic carbocycles. The number of carbonyl (C=O) groups excluding carboxylic acids is 1. The van der Waals surface area contributed by atoms with Gasteiger partial charge in [-0.3, -0.25) is 4.79 Å². The molecule has 3 heterocycles. The van der Waals surface area contributed by atoms with Gasteiger partial charge in [-0.25, -0.2) is 4.68 Å². The number of carbonyl (C=O) groups is 1. The first-order valence-electron chi connectivity index (χ1n) is 11.3. The van der Waals surface area contributed by atoms with Gasteiger partial charge in [-0.05, 0) is 31.1 Å². The summed E-state index contributed by atoms with van der Waals surface area (Å²) in [7, 11) is 0. The monoisotopic (exact) mass is 426 g/mol. The first-order chi connectivity index (χ1) is 14.0. The van der Waals surface area contributed by atoms with Crippen LogP contribution in [0.4, 0.5) is 19.0 Å². The van der Waals surface area contributed by atoms with Crippen LogP contribution in [0.5, 0.6) is 0 Å². The van der Waals surface area contributed by atoms with E-state index < -0.39 is 12.2 Å². The lowest BCUT2D eigenvalue weighted by Crippen LogP contribution is -2.44. The second-order valence-corrected chi connectivity index (χ2v) is 10.4. The second-order valence-electron chi connectivity index (χ2n) is 10.4. The molecule has 1 amide bonds. The summed E-state index contributed by atoms with van der Waals surface area (Å²) in [5.74, 6) is 0.784. The fourth-order valence-electron chi connectivity index (χ4n) is 5.17. The lowest BCUT2D eigenvalue weighted by Gasteiger charge is -2.39. The van der Waals surface area contributed by atoms with Gasteiger partial charge in [0.1, 0.15) is 5.82 Å². The van der Waals surface area contributed by atoms with Crippen molar-refractivity contribution >= 4 is 11.7 Å². The van der Waals surface area contributed by atoms with Crippen LogP contribution in [0.2, 0.25) is 0 Å². The summed E-state index contributed by atoms with van der Waals surface area (Å²) in [6.07, 6.45) is 1.74. The maximum atomic E-state index is 13.8. The minimum absolute atomic E-state index is 0.000545. The lowest BCUT2D eigenvalue weighted by molar-refractivity contribution is -0.175. The Morgan fingerprint density at radius 2 is 1.83 bits per heavy atom. The number of hydrogen-bond donors (Lipinski definition) is 1. The van der Waals surface area contributed by atoms with Crippen LogP contribution >= 0.6 is 0 Å². The van der Waals surface area contributed by atoms with Crippen molar-refractivity contribution in [1.82, 2.24) is 14.7 Å². The van der Waals surface area contributed by atoms with E-state index in [4.69, 9.17) is 0 Å². The minimum atomic E-state index is -4.34. The van der Waals surface area contributed by atoms with Crippen LogP contribution in [-0.2, 0) is 4.79 Å². The van der Waals surface area contributed by atoms with Crippen molar-refractivity contribution in [3.63, 3.8) is 0 Å². The van der Waals surface area contributed by atoms with Gasteiger partial charge < -0.3 is 10.2 Å². The molecule has 2 aliphatic heterocycles. The summed E-state index contributed by atoms with van der Waals surface area (Å²) < 4.78 is 42.5. The number of nitrogens with zero attached hydrogens (tertiary/aromatic N) is 3. The lowest BCUT2D eigenvalue weighted by atomic mass is 9.82. The quantitative estimate of drug-likeness (QED) is 0.715. The maximum absolute atomic E-state index is 13.8. The molecule has 2 fully saturated rings. The molecule has 3 unspecified atom stereocenters. The first kappa shape index (κ1) is 21.5.